The monoisotopic (exact) mass is 380 g/mol. The van der Waals surface area contributed by atoms with E-state index in [9.17, 15) is 4.39 Å². The fourth-order valence-corrected chi connectivity index (χ4v) is 3.51. The summed E-state index contributed by atoms with van der Waals surface area (Å²) in [6, 6.07) is 0. The van der Waals surface area contributed by atoms with E-state index in [1.54, 1.807) is 4.68 Å². The van der Waals surface area contributed by atoms with E-state index in [0.29, 0.717) is 0 Å². The number of halogens is 3. The zero-order valence-corrected chi connectivity index (χ0v) is 15.7. The minimum absolute atomic E-state index is 0.119. The summed E-state index contributed by atoms with van der Waals surface area (Å²) in [5.41, 5.74) is -0.202. The molecule has 0 radical (unpaired) electrons. The molecule has 21 heavy (non-hydrogen) atoms. The second-order valence-electron chi connectivity index (χ2n) is 6.07. The normalized spacial score (nSPS) is 14.4. The van der Waals surface area contributed by atoms with Crippen molar-refractivity contribution in [3.63, 3.8) is 0 Å². The average molecular weight is 382 g/mol. The van der Waals surface area contributed by atoms with Crippen molar-refractivity contribution in [1.82, 2.24) is 9.78 Å². The maximum absolute atomic E-state index is 13.8. The van der Waals surface area contributed by atoms with E-state index >= 15 is 0 Å². The Morgan fingerprint density at radius 2 is 1.67 bits per heavy atom. The van der Waals surface area contributed by atoms with Crippen LogP contribution in [-0.4, -0.2) is 9.78 Å². The Morgan fingerprint density at radius 1 is 1.10 bits per heavy atom. The van der Waals surface area contributed by atoms with Crippen LogP contribution in [0.4, 0.5) is 4.39 Å². The maximum Gasteiger partial charge on any atom is 0.194 e. The van der Waals surface area contributed by atoms with Gasteiger partial charge < -0.3 is 0 Å². The van der Waals surface area contributed by atoms with E-state index in [-0.39, 0.29) is 15.3 Å². The van der Waals surface area contributed by atoms with E-state index in [4.69, 9.17) is 11.6 Å². The standard InChI is InChI=1S/C16H27BrClFN2/c1-4-6-8-9-10-12-16(3,11-7-5-2)21-15(18)13(19)14(17)20-21/h4-12H2,1-3H3. The Labute approximate surface area is 141 Å². The van der Waals surface area contributed by atoms with Crippen LogP contribution in [0, 0.1) is 5.82 Å². The van der Waals surface area contributed by atoms with Crippen molar-refractivity contribution in [2.75, 3.05) is 0 Å². The Morgan fingerprint density at radius 3 is 2.19 bits per heavy atom. The third-order valence-electron chi connectivity index (χ3n) is 4.14. The molecule has 0 spiro atoms. The van der Waals surface area contributed by atoms with Gasteiger partial charge in [-0.1, -0.05) is 70.4 Å². The van der Waals surface area contributed by atoms with E-state index in [0.717, 1.165) is 32.1 Å². The molecule has 0 saturated heterocycles. The molecule has 0 aliphatic carbocycles. The SMILES string of the molecule is CCCCCCCC(C)(CCCC)n1nc(Br)c(F)c1Cl. The number of rotatable bonds is 10. The molecule has 0 N–H and O–H groups in total. The fourth-order valence-electron chi connectivity index (χ4n) is 2.72. The molecule has 1 atom stereocenters. The quantitative estimate of drug-likeness (QED) is 0.412. The molecule has 0 bridgehead atoms. The minimum Gasteiger partial charge on any atom is -0.244 e. The number of hydrogen-bond donors (Lipinski definition) is 0. The molecule has 2 nitrogen and oxygen atoms in total. The molecule has 0 amide bonds. The molecule has 0 aliphatic heterocycles. The van der Waals surface area contributed by atoms with Gasteiger partial charge in [-0.25, -0.2) is 9.07 Å². The van der Waals surface area contributed by atoms with Crippen LogP contribution in [-0.2, 0) is 5.54 Å². The Bertz CT molecular complexity index is 436. The summed E-state index contributed by atoms with van der Waals surface area (Å²) in [6.45, 7) is 6.53. The van der Waals surface area contributed by atoms with Crippen LogP contribution >= 0.6 is 27.5 Å². The number of hydrogen-bond acceptors (Lipinski definition) is 1. The van der Waals surface area contributed by atoms with Gasteiger partial charge in [-0.15, -0.1) is 0 Å². The zero-order valence-electron chi connectivity index (χ0n) is 13.4. The fraction of sp³-hybridized carbons (Fsp3) is 0.812. The Hall–Kier alpha value is -0.0900. The molecule has 0 fully saturated rings. The van der Waals surface area contributed by atoms with Gasteiger partial charge in [0.1, 0.15) is 0 Å². The predicted octanol–water partition coefficient (Wildman–Crippen LogP) is 6.70. The van der Waals surface area contributed by atoms with Crippen molar-refractivity contribution in [3.05, 3.63) is 15.6 Å². The highest BCUT2D eigenvalue weighted by Crippen LogP contribution is 2.35. The first-order chi connectivity index (χ1) is 9.96. The summed E-state index contributed by atoms with van der Waals surface area (Å²) in [5.74, 6) is -0.453. The first kappa shape index (κ1) is 19.0. The second-order valence-corrected chi connectivity index (χ2v) is 7.18. The van der Waals surface area contributed by atoms with Crippen LogP contribution in [0.1, 0.15) is 78.6 Å². The van der Waals surface area contributed by atoms with E-state index in [1.165, 1.54) is 25.7 Å². The zero-order chi connectivity index (χ0) is 15.9. The average Bonchev–Trinajstić information content (AvgIpc) is 2.73. The first-order valence-corrected chi connectivity index (χ1v) is 9.23. The highest BCUT2D eigenvalue weighted by molar-refractivity contribution is 9.10. The van der Waals surface area contributed by atoms with Crippen LogP contribution in [0.2, 0.25) is 5.15 Å². The lowest BCUT2D eigenvalue weighted by molar-refractivity contribution is 0.228. The van der Waals surface area contributed by atoms with Crippen LogP contribution in [0.3, 0.4) is 0 Å². The van der Waals surface area contributed by atoms with E-state index in [2.05, 4.69) is 41.8 Å². The van der Waals surface area contributed by atoms with Crippen LogP contribution < -0.4 is 0 Å². The first-order valence-electron chi connectivity index (χ1n) is 8.06. The summed E-state index contributed by atoms with van der Waals surface area (Å²) >= 11 is 9.27. The third-order valence-corrected chi connectivity index (χ3v) is 4.97. The lowest BCUT2D eigenvalue weighted by Crippen LogP contribution is -2.31. The van der Waals surface area contributed by atoms with Gasteiger partial charge in [-0.3, -0.25) is 0 Å². The number of aromatic nitrogens is 2. The highest BCUT2D eigenvalue weighted by Gasteiger charge is 2.31. The van der Waals surface area contributed by atoms with Crippen molar-refractivity contribution in [3.8, 4) is 0 Å². The molecule has 1 heterocycles. The van der Waals surface area contributed by atoms with Gasteiger partial charge in [0.05, 0.1) is 5.54 Å². The molecule has 122 valence electrons. The molecule has 1 aromatic rings. The van der Waals surface area contributed by atoms with Gasteiger partial charge in [0, 0.05) is 0 Å². The molecule has 1 aromatic heterocycles. The van der Waals surface area contributed by atoms with Crippen LogP contribution in [0.5, 0.6) is 0 Å². The summed E-state index contributed by atoms with van der Waals surface area (Å²) in [7, 11) is 0. The molecular weight excluding hydrogens is 355 g/mol. The number of unbranched alkanes of at least 4 members (excludes halogenated alkanes) is 5. The molecule has 1 rings (SSSR count). The van der Waals surface area contributed by atoms with Gasteiger partial charge >= 0.3 is 0 Å². The van der Waals surface area contributed by atoms with Gasteiger partial charge in [0.25, 0.3) is 0 Å². The van der Waals surface area contributed by atoms with Crippen molar-refractivity contribution >= 4 is 27.5 Å². The lowest BCUT2D eigenvalue weighted by atomic mass is 9.88. The predicted molar refractivity (Wildman–Crippen MR) is 91.4 cm³/mol. The van der Waals surface area contributed by atoms with Gasteiger partial charge in [-0.05, 0) is 35.7 Å². The second kappa shape index (κ2) is 9.14. The largest absolute Gasteiger partial charge is 0.244 e. The summed E-state index contributed by atoms with van der Waals surface area (Å²) in [6.07, 6.45) is 10.3. The van der Waals surface area contributed by atoms with Gasteiger partial charge in [0.15, 0.2) is 15.6 Å². The molecule has 0 aromatic carbocycles. The van der Waals surface area contributed by atoms with Crippen molar-refractivity contribution in [1.29, 1.82) is 0 Å². The maximum atomic E-state index is 13.8. The van der Waals surface area contributed by atoms with E-state index in [1.807, 2.05) is 0 Å². The summed E-state index contributed by atoms with van der Waals surface area (Å²) in [4.78, 5) is 0. The Kier molecular flexibility index (Phi) is 8.25. The van der Waals surface area contributed by atoms with Crippen molar-refractivity contribution in [2.45, 2.75) is 84.1 Å². The third kappa shape index (κ3) is 5.24. The van der Waals surface area contributed by atoms with E-state index < -0.39 is 5.82 Å². The smallest absolute Gasteiger partial charge is 0.194 e. The van der Waals surface area contributed by atoms with Gasteiger partial charge in [0.2, 0.25) is 0 Å². The van der Waals surface area contributed by atoms with Crippen molar-refractivity contribution < 1.29 is 4.39 Å². The molecule has 5 heteroatoms. The molecule has 1 unspecified atom stereocenters. The molecule has 0 aliphatic rings. The molecule has 0 saturated carbocycles. The lowest BCUT2D eigenvalue weighted by Gasteiger charge is -2.31. The molecular formula is C16H27BrClFN2. The van der Waals surface area contributed by atoms with Gasteiger partial charge in [-0.2, -0.15) is 5.10 Å². The Balaban J connectivity index is 2.79. The minimum atomic E-state index is -0.453. The topological polar surface area (TPSA) is 17.8 Å². The van der Waals surface area contributed by atoms with Crippen molar-refractivity contribution in [2.24, 2.45) is 0 Å². The number of nitrogens with zero attached hydrogens (tertiary/aromatic N) is 2. The van der Waals surface area contributed by atoms with Crippen LogP contribution in [0.25, 0.3) is 0 Å². The highest BCUT2D eigenvalue weighted by atomic mass is 79.9. The summed E-state index contributed by atoms with van der Waals surface area (Å²) in [5, 5.41) is 4.40. The summed E-state index contributed by atoms with van der Waals surface area (Å²) < 4.78 is 15.7. The van der Waals surface area contributed by atoms with Crippen LogP contribution in [0.15, 0.2) is 4.60 Å².